The second kappa shape index (κ2) is 19.7. The van der Waals surface area contributed by atoms with Gasteiger partial charge in [0.05, 0.1) is 43.5 Å². The Morgan fingerprint density at radius 1 is 0.608 bits per heavy atom. The molecule has 51 heavy (non-hydrogen) atoms. The van der Waals surface area contributed by atoms with E-state index in [-0.39, 0.29) is 44.3 Å². The highest BCUT2D eigenvalue weighted by molar-refractivity contribution is 5.89. The molecule has 4 atom stereocenters. The van der Waals surface area contributed by atoms with E-state index in [2.05, 4.69) is 6.58 Å². The molecule has 0 unspecified atom stereocenters. The first-order chi connectivity index (χ1) is 25.0. The lowest BCUT2D eigenvalue weighted by Crippen LogP contribution is -2.51. The molecular weight excluding hydrogens is 646 g/mol. The van der Waals surface area contributed by atoms with Crippen LogP contribution in [0.2, 0.25) is 0 Å². The van der Waals surface area contributed by atoms with Crippen molar-refractivity contribution in [1.82, 2.24) is 0 Å². The number of nitro benzene ring substituents is 1. The van der Waals surface area contributed by atoms with Crippen LogP contribution in [0.15, 0.2) is 158 Å². The van der Waals surface area contributed by atoms with E-state index in [0.29, 0.717) is 0 Å². The van der Waals surface area contributed by atoms with Gasteiger partial charge >= 0.3 is 5.97 Å². The van der Waals surface area contributed by atoms with Crippen molar-refractivity contribution >= 4 is 11.7 Å². The topological polar surface area (TPSA) is 106 Å². The van der Waals surface area contributed by atoms with Gasteiger partial charge in [0.1, 0.15) is 18.3 Å². The van der Waals surface area contributed by atoms with Gasteiger partial charge < -0.3 is 23.7 Å². The molecule has 0 aliphatic carbocycles. The highest BCUT2D eigenvalue weighted by Gasteiger charge is 2.39. The van der Waals surface area contributed by atoms with Gasteiger partial charge in [-0.3, -0.25) is 10.1 Å². The molecule has 0 N–H and O–H groups in total. The molecule has 0 bridgehead atoms. The lowest BCUT2D eigenvalue weighted by molar-refractivity contribution is -0.384. The van der Waals surface area contributed by atoms with E-state index >= 15 is 0 Å². The lowest BCUT2D eigenvalue weighted by Gasteiger charge is -2.36. The van der Waals surface area contributed by atoms with Crippen molar-refractivity contribution in [2.75, 3.05) is 6.61 Å². The molecule has 0 aliphatic rings. The lowest BCUT2D eigenvalue weighted by atomic mass is 10.0. The number of ether oxygens (including phenoxy) is 5. The minimum absolute atomic E-state index is 0.0547. The predicted octanol–water partition coefficient (Wildman–Crippen LogP) is 8.28. The van der Waals surface area contributed by atoms with E-state index in [1.165, 1.54) is 24.3 Å². The van der Waals surface area contributed by atoms with Gasteiger partial charge in [0.25, 0.3) is 5.69 Å². The fourth-order valence-electron chi connectivity index (χ4n) is 5.38. The van der Waals surface area contributed by atoms with Crippen LogP contribution in [-0.4, -0.2) is 41.9 Å². The predicted molar refractivity (Wildman–Crippen MR) is 194 cm³/mol. The summed E-state index contributed by atoms with van der Waals surface area (Å²) in [6.45, 7) is 4.94. The summed E-state index contributed by atoms with van der Waals surface area (Å²) in [4.78, 5) is 24.5. The first kappa shape index (κ1) is 36.8. The molecule has 5 aromatic carbocycles. The highest BCUT2D eigenvalue weighted by Crippen LogP contribution is 2.25. The number of esters is 1. The van der Waals surface area contributed by atoms with E-state index in [4.69, 9.17) is 23.7 Å². The molecule has 9 heteroatoms. The van der Waals surface area contributed by atoms with Crippen LogP contribution >= 0.6 is 0 Å². The fourth-order valence-corrected chi connectivity index (χ4v) is 5.38. The maximum Gasteiger partial charge on any atom is 0.338 e. The first-order valence-electron chi connectivity index (χ1n) is 16.7. The minimum Gasteiger partial charge on any atom is -0.453 e. The van der Waals surface area contributed by atoms with E-state index in [9.17, 15) is 14.9 Å². The minimum atomic E-state index is -1.01. The summed E-state index contributed by atoms with van der Waals surface area (Å²) in [6.07, 6.45) is -1.80. The Morgan fingerprint density at radius 2 is 1.04 bits per heavy atom. The number of nitro groups is 1. The van der Waals surface area contributed by atoms with Crippen molar-refractivity contribution in [1.29, 1.82) is 0 Å². The van der Waals surface area contributed by atoms with Gasteiger partial charge in [0, 0.05) is 12.1 Å². The fraction of sp³-hybridized carbons (Fsp3) is 0.214. The standard InChI is InChI=1S/C42H41NO8/c1-2-38(48-28-33-17-9-4-10-18-33)40(49-29-34-19-11-5-12-20-34)41(50-30-35-21-13-6-14-22-35)39(31-47-27-32-15-7-3-8-16-32)51-42(44)36-23-25-37(26-24-36)43(45)46/h2-26,38-41H,1,27-31H2/t38-,39-,40+,41+/m0/s1. The van der Waals surface area contributed by atoms with Gasteiger partial charge in [-0.15, -0.1) is 6.58 Å². The van der Waals surface area contributed by atoms with Gasteiger partial charge in [-0.05, 0) is 34.4 Å². The Balaban J connectivity index is 1.49. The number of carbonyl (C=O) groups excluding carboxylic acids is 1. The summed E-state index contributed by atoms with van der Waals surface area (Å²) in [7, 11) is 0. The summed E-state index contributed by atoms with van der Waals surface area (Å²) >= 11 is 0. The molecule has 0 saturated carbocycles. The molecule has 0 aromatic heterocycles. The SMILES string of the molecule is C=C[C@H](OCc1ccccc1)[C@@H](OCc1ccccc1)[C@H](OCc1ccccc1)[C@H](COCc1ccccc1)OC(=O)c1ccc([N+](=O)[O-])cc1. The highest BCUT2D eigenvalue weighted by atomic mass is 16.6. The first-order valence-corrected chi connectivity index (χ1v) is 16.7. The Bertz CT molecular complexity index is 1770. The van der Waals surface area contributed by atoms with Gasteiger partial charge in [-0.1, -0.05) is 127 Å². The number of carbonyl (C=O) groups is 1. The van der Waals surface area contributed by atoms with Crippen LogP contribution in [0.4, 0.5) is 5.69 Å². The van der Waals surface area contributed by atoms with Crippen LogP contribution in [0.25, 0.3) is 0 Å². The molecule has 9 nitrogen and oxygen atoms in total. The number of benzene rings is 5. The monoisotopic (exact) mass is 687 g/mol. The number of non-ortho nitro benzene ring substituents is 1. The Kier molecular flexibility index (Phi) is 14.2. The van der Waals surface area contributed by atoms with E-state index in [1.54, 1.807) is 6.08 Å². The molecular formula is C42H41NO8. The largest absolute Gasteiger partial charge is 0.453 e. The average molecular weight is 688 g/mol. The molecule has 5 aromatic rings. The third-order valence-corrected chi connectivity index (χ3v) is 8.07. The maximum atomic E-state index is 13.7. The smallest absolute Gasteiger partial charge is 0.338 e. The summed E-state index contributed by atoms with van der Waals surface area (Å²) in [5, 5.41) is 11.3. The summed E-state index contributed by atoms with van der Waals surface area (Å²) in [5.41, 5.74) is 3.71. The van der Waals surface area contributed by atoms with Crippen molar-refractivity contribution in [3.63, 3.8) is 0 Å². The number of rotatable bonds is 20. The van der Waals surface area contributed by atoms with Crippen LogP contribution < -0.4 is 0 Å². The van der Waals surface area contributed by atoms with Crippen molar-refractivity contribution < 1.29 is 33.4 Å². The maximum absolute atomic E-state index is 13.7. The quantitative estimate of drug-likeness (QED) is 0.0348. The molecule has 0 saturated heterocycles. The zero-order valence-electron chi connectivity index (χ0n) is 28.2. The van der Waals surface area contributed by atoms with Gasteiger partial charge in [0.2, 0.25) is 0 Å². The van der Waals surface area contributed by atoms with Crippen molar-refractivity contribution in [3.05, 3.63) is 196 Å². The van der Waals surface area contributed by atoms with Crippen molar-refractivity contribution in [3.8, 4) is 0 Å². The van der Waals surface area contributed by atoms with Crippen LogP contribution in [0.5, 0.6) is 0 Å². The molecule has 0 spiro atoms. The molecule has 0 aliphatic heterocycles. The van der Waals surface area contributed by atoms with Crippen LogP contribution in [0, 0.1) is 10.1 Å². The summed E-state index contributed by atoms with van der Waals surface area (Å²) < 4.78 is 32.1. The Hall–Kier alpha value is -5.45. The molecule has 0 radical (unpaired) electrons. The van der Waals surface area contributed by atoms with Crippen molar-refractivity contribution in [2.24, 2.45) is 0 Å². The molecule has 5 rings (SSSR count). The Labute approximate surface area is 298 Å². The third-order valence-electron chi connectivity index (χ3n) is 8.07. The van der Waals surface area contributed by atoms with Gasteiger partial charge in [-0.2, -0.15) is 0 Å². The summed E-state index contributed by atoms with van der Waals surface area (Å²) in [5.74, 6) is -0.700. The third kappa shape index (κ3) is 11.6. The zero-order valence-corrected chi connectivity index (χ0v) is 28.2. The normalized spacial score (nSPS) is 13.4. The number of hydrogen-bond acceptors (Lipinski definition) is 8. The van der Waals surface area contributed by atoms with Gasteiger partial charge in [-0.25, -0.2) is 4.79 Å². The zero-order chi connectivity index (χ0) is 35.7. The molecule has 0 fully saturated rings. The van der Waals surface area contributed by atoms with E-state index in [0.717, 1.165) is 22.3 Å². The van der Waals surface area contributed by atoms with E-state index in [1.807, 2.05) is 121 Å². The van der Waals surface area contributed by atoms with Crippen LogP contribution in [0.1, 0.15) is 32.6 Å². The second-order valence-electron chi connectivity index (χ2n) is 11.8. The average Bonchev–Trinajstić information content (AvgIpc) is 3.18. The van der Waals surface area contributed by atoms with Crippen LogP contribution in [0.3, 0.4) is 0 Å². The van der Waals surface area contributed by atoms with E-state index < -0.39 is 35.3 Å². The molecule has 262 valence electrons. The summed E-state index contributed by atoms with van der Waals surface area (Å²) in [6, 6.07) is 44.0. The van der Waals surface area contributed by atoms with Crippen molar-refractivity contribution in [2.45, 2.75) is 50.8 Å². The molecule has 0 amide bonds. The number of hydrogen-bond donors (Lipinski definition) is 0. The Morgan fingerprint density at radius 3 is 1.49 bits per heavy atom. The second-order valence-corrected chi connectivity index (χ2v) is 11.8. The van der Waals surface area contributed by atoms with Gasteiger partial charge in [0.15, 0.2) is 6.10 Å². The number of nitrogens with zero attached hydrogens (tertiary/aromatic N) is 1. The van der Waals surface area contributed by atoms with Crippen LogP contribution in [-0.2, 0) is 50.1 Å². The molecule has 0 heterocycles.